The van der Waals surface area contributed by atoms with Crippen molar-refractivity contribution in [1.29, 1.82) is 0 Å². The first kappa shape index (κ1) is 25.6. The smallest absolute Gasteiger partial charge is 0.251 e. The maximum Gasteiger partial charge on any atom is 0.251 e. The number of fused-ring (bicyclic) bond motifs is 1. The third-order valence-corrected chi connectivity index (χ3v) is 7.40. The molecule has 2 heterocycles. The van der Waals surface area contributed by atoms with Crippen molar-refractivity contribution in [3.8, 4) is 11.3 Å². The molecule has 0 unspecified atom stereocenters. The van der Waals surface area contributed by atoms with E-state index in [0.29, 0.717) is 24.3 Å². The number of benzene rings is 3. The maximum atomic E-state index is 13.0. The highest BCUT2D eigenvalue weighted by molar-refractivity contribution is 7.98. The fraction of sp³-hybridized carbons (Fsp3) is 0.161. The molecule has 0 radical (unpaired) electrons. The summed E-state index contributed by atoms with van der Waals surface area (Å²) in [5.74, 6) is 0.712. The van der Waals surface area contributed by atoms with Gasteiger partial charge in [-0.3, -0.25) is 9.20 Å². The topological polar surface area (TPSA) is 84.5 Å². The lowest BCUT2D eigenvalue weighted by molar-refractivity contribution is 0.0951. The van der Waals surface area contributed by atoms with Gasteiger partial charge in [0.2, 0.25) is 0 Å². The number of thioether (sulfide) groups is 1. The molecule has 7 heteroatoms. The summed E-state index contributed by atoms with van der Waals surface area (Å²) in [5.41, 5.74) is 14.2. The zero-order valence-electron chi connectivity index (χ0n) is 21.8. The summed E-state index contributed by atoms with van der Waals surface area (Å²) >= 11 is 1.71. The van der Waals surface area contributed by atoms with E-state index in [0.717, 1.165) is 45.0 Å². The minimum absolute atomic E-state index is 0.149. The Morgan fingerprint density at radius 1 is 0.947 bits per heavy atom. The molecule has 4 N–H and O–H groups in total. The summed E-state index contributed by atoms with van der Waals surface area (Å²) in [6.45, 7) is 5.09. The third kappa shape index (κ3) is 5.30. The largest absolute Gasteiger partial charge is 0.348 e. The fourth-order valence-corrected chi connectivity index (χ4v) is 4.94. The van der Waals surface area contributed by atoms with Crippen molar-refractivity contribution in [3.05, 3.63) is 113 Å². The number of imidazole rings is 1. The molecule has 0 aliphatic rings. The van der Waals surface area contributed by atoms with Gasteiger partial charge in [-0.1, -0.05) is 54.6 Å². The second kappa shape index (κ2) is 11.1. The zero-order chi connectivity index (χ0) is 26.6. The van der Waals surface area contributed by atoms with Gasteiger partial charge < -0.3 is 16.4 Å². The quantitative estimate of drug-likeness (QED) is 0.204. The molecule has 0 spiro atoms. The number of anilines is 2. The van der Waals surface area contributed by atoms with E-state index in [2.05, 4.69) is 73.2 Å². The first-order valence-corrected chi connectivity index (χ1v) is 13.7. The maximum absolute atomic E-state index is 13.0. The summed E-state index contributed by atoms with van der Waals surface area (Å²) in [7, 11) is 0. The van der Waals surface area contributed by atoms with Crippen LogP contribution in [0.15, 0.2) is 90.0 Å². The Morgan fingerprint density at radius 2 is 1.66 bits per heavy atom. The number of nitrogens with one attached hydrogen (secondary N) is 2. The number of amides is 1. The number of aryl methyl sites for hydroxylation is 2. The molecule has 5 aromatic rings. The van der Waals surface area contributed by atoms with Crippen LogP contribution in [0.5, 0.6) is 0 Å². The Hall–Kier alpha value is -4.07. The Morgan fingerprint density at radius 3 is 2.37 bits per heavy atom. The Balaban J connectivity index is 1.50. The van der Waals surface area contributed by atoms with Crippen LogP contribution in [0.2, 0.25) is 0 Å². The third-order valence-electron chi connectivity index (χ3n) is 6.66. The number of para-hydroxylation sites is 1. The van der Waals surface area contributed by atoms with Crippen molar-refractivity contribution in [2.75, 3.05) is 11.6 Å². The second-order valence-corrected chi connectivity index (χ2v) is 10.2. The fourth-order valence-electron chi connectivity index (χ4n) is 4.54. The molecule has 3 aromatic carbocycles. The second-order valence-electron chi connectivity index (χ2n) is 9.28. The molecular weight excluding hydrogens is 490 g/mol. The molecule has 1 amide bonds. The van der Waals surface area contributed by atoms with Gasteiger partial charge in [-0.15, -0.1) is 11.8 Å². The van der Waals surface area contributed by atoms with E-state index < -0.39 is 0 Å². The molecule has 0 aliphatic heterocycles. The SMILES string of the molecule is CSc1ccc(-c2nc3cc(C(=O)NCc4cccc(CN)c4)ccn3c2Nc2c(C)cccc2C)cc1. The number of hydrogen-bond acceptors (Lipinski definition) is 5. The van der Waals surface area contributed by atoms with E-state index >= 15 is 0 Å². The van der Waals surface area contributed by atoms with E-state index in [1.165, 1.54) is 4.90 Å². The number of nitrogens with zero attached hydrogens (tertiary/aromatic N) is 2. The Kier molecular flexibility index (Phi) is 7.49. The molecule has 5 rings (SSSR count). The van der Waals surface area contributed by atoms with Gasteiger partial charge in [0.05, 0.1) is 0 Å². The number of aromatic nitrogens is 2. The molecule has 2 aromatic heterocycles. The van der Waals surface area contributed by atoms with Gasteiger partial charge in [-0.2, -0.15) is 0 Å². The number of carbonyl (C=O) groups excluding carboxylic acids is 1. The summed E-state index contributed by atoms with van der Waals surface area (Å²) in [6.07, 6.45) is 3.97. The van der Waals surface area contributed by atoms with Gasteiger partial charge in [-0.25, -0.2) is 4.98 Å². The number of nitrogens with two attached hydrogens (primary N) is 1. The number of hydrogen-bond donors (Lipinski definition) is 3. The lowest BCUT2D eigenvalue weighted by Crippen LogP contribution is -2.23. The molecule has 0 atom stereocenters. The molecule has 0 saturated carbocycles. The molecule has 0 bridgehead atoms. The van der Waals surface area contributed by atoms with Gasteiger partial charge in [0, 0.05) is 41.0 Å². The highest BCUT2D eigenvalue weighted by Crippen LogP contribution is 2.34. The number of carbonyl (C=O) groups is 1. The lowest BCUT2D eigenvalue weighted by atomic mass is 10.1. The average molecular weight is 522 g/mol. The van der Waals surface area contributed by atoms with Gasteiger partial charge in [0.1, 0.15) is 17.2 Å². The van der Waals surface area contributed by atoms with Crippen molar-refractivity contribution in [2.45, 2.75) is 31.8 Å². The first-order valence-electron chi connectivity index (χ1n) is 12.5. The molecule has 0 aliphatic carbocycles. The summed E-state index contributed by atoms with van der Waals surface area (Å²) in [6, 6.07) is 26.2. The predicted octanol–water partition coefficient (Wildman–Crippen LogP) is 6.47. The minimum Gasteiger partial charge on any atom is -0.348 e. The van der Waals surface area contributed by atoms with Gasteiger partial charge in [-0.05, 0) is 66.6 Å². The molecule has 192 valence electrons. The van der Waals surface area contributed by atoms with Crippen LogP contribution in [0.4, 0.5) is 11.5 Å². The van der Waals surface area contributed by atoms with Gasteiger partial charge in [0.15, 0.2) is 0 Å². The van der Waals surface area contributed by atoms with Crippen LogP contribution in [-0.2, 0) is 13.1 Å². The van der Waals surface area contributed by atoms with Crippen molar-refractivity contribution in [3.63, 3.8) is 0 Å². The number of pyridine rings is 1. The van der Waals surface area contributed by atoms with E-state index in [9.17, 15) is 4.79 Å². The van der Waals surface area contributed by atoms with Crippen LogP contribution < -0.4 is 16.4 Å². The highest BCUT2D eigenvalue weighted by Gasteiger charge is 2.18. The highest BCUT2D eigenvalue weighted by atomic mass is 32.2. The molecular formula is C31H31N5OS. The lowest BCUT2D eigenvalue weighted by Gasteiger charge is -2.14. The summed E-state index contributed by atoms with van der Waals surface area (Å²) in [4.78, 5) is 19.2. The summed E-state index contributed by atoms with van der Waals surface area (Å²) in [5, 5.41) is 6.67. The van der Waals surface area contributed by atoms with Crippen LogP contribution in [0.1, 0.15) is 32.6 Å². The first-order chi connectivity index (χ1) is 18.5. The minimum atomic E-state index is -0.149. The Bertz CT molecular complexity index is 1590. The molecule has 0 saturated heterocycles. The van der Waals surface area contributed by atoms with Crippen LogP contribution in [-0.4, -0.2) is 21.5 Å². The molecule has 6 nitrogen and oxygen atoms in total. The monoisotopic (exact) mass is 521 g/mol. The van der Waals surface area contributed by atoms with Crippen LogP contribution in [0.25, 0.3) is 16.9 Å². The van der Waals surface area contributed by atoms with Gasteiger partial charge in [0.25, 0.3) is 5.91 Å². The average Bonchev–Trinajstić information content (AvgIpc) is 3.31. The van der Waals surface area contributed by atoms with E-state index in [1.54, 1.807) is 11.8 Å². The van der Waals surface area contributed by atoms with Crippen LogP contribution in [0, 0.1) is 13.8 Å². The molecule has 0 fully saturated rings. The predicted molar refractivity (Wildman–Crippen MR) is 157 cm³/mol. The summed E-state index contributed by atoms with van der Waals surface area (Å²) < 4.78 is 2.01. The van der Waals surface area contributed by atoms with Crippen molar-refractivity contribution < 1.29 is 4.79 Å². The van der Waals surface area contributed by atoms with Crippen molar-refractivity contribution >= 4 is 34.8 Å². The van der Waals surface area contributed by atoms with Crippen molar-refractivity contribution in [1.82, 2.24) is 14.7 Å². The van der Waals surface area contributed by atoms with Crippen LogP contribution >= 0.6 is 11.8 Å². The van der Waals surface area contributed by atoms with Crippen molar-refractivity contribution in [2.24, 2.45) is 5.73 Å². The zero-order valence-corrected chi connectivity index (χ0v) is 22.6. The number of rotatable bonds is 8. The van der Waals surface area contributed by atoms with E-state index in [1.807, 2.05) is 47.0 Å². The van der Waals surface area contributed by atoms with E-state index in [-0.39, 0.29) is 5.91 Å². The van der Waals surface area contributed by atoms with Crippen LogP contribution in [0.3, 0.4) is 0 Å². The van der Waals surface area contributed by atoms with Gasteiger partial charge >= 0.3 is 0 Å². The standard InChI is InChI=1S/C31H31N5OS/c1-20-6-4-7-21(2)28(20)35-30-29(24-10-12-26(38-3)13-11-24)34-27-17-25(14-15-36(27)30)31(37)33-19-23-9-5-8-22(16-23)18-32/h4-17,35H,18-19,32H2,1-3H3,(H,33,37). The Labute approximate surface area is 227 Å². The normalized spacial score (nSPS) is 11.1. The van der Waals surface area contributed by atoms with E-state index in [4.69, 9.17) is 10.7 Å². The molecule has 38 heavy (non-hydrogen) atoms.